The van der Waals surface area contributed by atoms with Gasteiger partial charge in [0.15, 0.2) is 0 Å². The van der Waals surface area contributed by atoms with E-state index in [9.17, 15) is 9.59 Å². The first-order valence-corrected chi connectivity index (χ1v) is 7.60. The van der Waals surface area contributed by atoms with Crippen LogP contribution in [0.4, 0.5) is 5.69 Å². The number of piperazine rings is 1. The summed E-state index contributed by atoms with van der Waals surface area (Å²) in [4.78, 5) is 27.0. The molecule has 0 aliphatic carbocycles. The Bertz CT molecular complexity index is 507. The van der Waals surface area contributed by atoms with Crippen LogP contribution < -0.4 is 10.6 Å². The number of carbonyl (C=O) groups excluding carboxylic acids is 2. The maximum absolute atomic E-state index is 11.5. The van der Waals surface area contributed by atoms with Crippen molar-refractivity contribution in [2.45, 2.75) is 13.5 Å². The number of nitrogens with zero attached hydrogens (tertiary/aromatic N) is 2. The van der Waals surface area contributed by atoms with Gasteiger partial charge in [-0.05, 0) is 24.7 Å². The number of hydrogen-bond donors (Lipinski definition) is 2. The molecule has 6 nitrogen and oxygen atoms in total. The van der Waals surface area contributed by atoms with Crippen LogP contribution >= 0.6 is 0 Å². The molecule has 120 valence electrons. The second kappa shape index (κ2) is 7.91. The van der Waals surface area contributed by atoms with Crippen molar-refractivity contribution in [3.63, 3.8) is 0 Å². The van der Waals surface area contributed by atoms with Crippen molar-refractivity contribution in [1.82, 2.24) is 15.1 Å². The largest absolute Gasteiger partial charge is 0.340 e. The van der Waals surface area contributed by atoms with Gasteiger partial charge in [-0.3, -0.25) is 14.5 Å². The van der Waals surface area contributed by atoms with E-state index in [0.29, 0.717) is 6.54 Å². The molecule has 22 heavy (non-hydrogen) atoms. The average Bonchev–Trinajstić information content (AvgIpc) is 2.50. The molecular weight excluding hydrogens is 280 g/mol. The van der Waals surface area contributed by atoms with Crippen LogP contribution in [0.3, 0.4) is 0 Å². The van der Waals surface area contributed by atoms with Gasteiger partial charge in [-0.2, -0.15) is 0 Å². The number of rotatable bonds is 5. The topological polar surface area (TPSA) is 64.7 Å². The zero-order chi connectivity index (χ0) is 15.9. The minimum atomic E-state index is -0.0457. The number of likely N-dealkylation sites (N-methyl/N-ethyl adjacent to an activating group) is 1. The fourth-order valence-corrected chi connectivity index (χ4v) is 2.54. The quantitative estimate of drug-likeness (QED) is 0.832. The fraction of sp³-hybridized carbons (Fsp3) is 0.500. The van der Waals surface area contributed by atoms with Crippen LogP contribution in [-0.4, -0.2) is 61.4 Å². The van der Waals surface area contributed by atoms with Gasteiger partial charge >= 0.3 is 0 Å². The van der Waals surface area contributed by atoms with Gasteiger partial charge in [0.05, 0.1) is 6.54 Å². The summed E-state index contributed by atoms with van der Waals surface area (Å²) in [5.41, 5.74) is 2.02. The van der Waals surface area contributed by atoms with Crippen LogP contribution in [0.25, 0.3) is 0 Å². The molecule has 1 saturated heterocycles. The summed E-state index contributed by atoms with van der Waals surface area (Å²) in [6, 6.07) is 7.92. The number of anilines is 1. The first-order chi connectivity index (χ1) is 10.6. The van der Waals surface area contributed by atoms with Gasteiger partial charge < -0.3 is 15.5 Å². The summed E-state index contributed by atoms with van der Waals surface area (Å²) in [6.45, 7) is 6.21. The highest BCUT2D eigenvalue weighted by Gasteiger charge is 2.18. The molecule has 1 aliphatic rings. The van der Waals surface area contributed by atoms with E-state index < -0.39 is 0 Å². The SMILES string of the molecule is CNCC(=O)Nc1ccc(CN2CCN(C(C)=O)CC2)cc1. The minimum Gasteiger partial charge on any atom is -0.340 e. The number of hydrogen-bond acceptors (Lipinski definition) is 4. The predicted octanol–water partition coefficient (Wildman–Crippen LogP) is 0.509. The Morgan fingerprint density at radius 2 is 1.73 bits per heavy atom. The number of amides is 2. The fourth-order valence-electron chi connectivity index (χ4n) is 2.54. The van der Waals surface area contributed by atoms with Crippen molar-refractivity contribution < 1.29 is 9.59 Å². The van der Waals surface area contributed by atoms with Gasteiger partial charge in [-0.15, -0.1) is 0 Å². The van der Waals surface area contributed by atoms with Gasteiger partial charge in [0.1, 0.15) is 0 Å². The Hall–Kier alpha value is -1.92. The molecule has 0 atom stereocenters. The van der Waals surface area contributed by atoms with Gasteiger partial charge in [0.2, 0.25) is 11.8 Å². The first-order valence-electron chi connectivity index (χ1n) is 7.60. The molecule has 1 aliphatic heterocycles. The number of carbonyl (C=O) groups is 2. The molecule has 0 saturated carbocycles. The Labute approximate surface area is 131 Å². The molecule has 1 aromatic carbocycles. The predicted molar refractivity (Wildman–Crippen MR) is 86.5 cm³/mol. The molecule has 1 aromatic rings. The van der Waals surface area contributed by atoms with Crippen molar-refractivity contribution in [3.05, 3.63) is 29.8 Å². The maximum Gasteiger partial charge on any atom is 0.238 e. The molecule has 0 unspecified atom stereocenters. The van der Waals surface area contributed by atoms with Crippen molar-refractivity contribution in [2.24, 2.45) is 0 Å². The van der Waals surface area contributed by atoms with E-state index in [4.69, 9.17) is 0 Å². The van der Waals surface area contributed by atoms with Crippen molar-refractivity contribution in [1.29, 1.82) is 0 Å². The first kappa shape index (κ1) is 16.5. The Kier molecular flexibility index (Phi) is 5.91. The van der Waals surface area contributed by atoms with E-state index in [0.717, 1.165) is 38.4 Å². The highest BCUT2D eigenvalue weighted by atomic mass is 16.2. The number of nitrogens with one attached hydrogen (secondary N) is 2. The highest BCUT2D eigenvalue weighted by Crippen LogP contribution is 2.13. The molecule has 0 bridgehead atoms. The summed E-state index contributed by atoms with van der Waals surface area (Å²) in [7, 11) is 1.74. The van der Waals surface area contributed by atoms with Crippen LogP contribution in [0.5, 0.6) is 0 Å². The van der Waals surface area contributed by atoms with Gasteiger partial charge in [0, 0.05) is 45.3 Å². The molecular formula is C16H24N4O2. The van der Waals surface area contributed by atoms with E-state index in [1.165, 1.54) is 5.56 Å². The Morgan fingerprint density at radius 3 is 2.27 bits per heavy atom. The molecule has 2 rings (SSSR count). The highest BCUT2D eigenvalue weighted by molar-refractivity contribution is 5.92. The summed E-state index contributed by atoms with van der Waals surface area (Å²) in [6.07, 6.45) is 0. The van der Waals surface area contributed by atoms with E-state index >= 15 is 0 Å². The van der Waals surface area contributed by atoms with Crippen LogP contribution in [0, 0.1) is 0 Å². The summed E-state index contributed by atoms with van der Waals surface area (Å²) in [5, 5.41) is 5.65. The van der Waals surface area contributed by atoms with Crippen molar-refractivity contribution in [3.8, 4) is 0 Å². The van der Waals surface area contributed by atoms with Gasteiger partial charge in [0.25, 0.3) is 0 Å². The lowest BCUT2D eigenvalue weighted by Crippen LogP contribution is -2.47. The van der Waals surface area contributed by atoms with Gasteiger partial charge in [-0.1, -0.05) is 12.1 Å². The van der Waals surface area contributed by atoms with E-state index in [-0.39, 0.29) is 11.8 Å². The molecule has 6 heteroatoms. The standard InChI is InChI=1S/C16H24N4O2/c1-13(21)20-9-7-19(8-10-20)12-14-3-5-15(6-4-14)18-16(22)11-17-2/h3-6,17H,7-12H2,1-2H3,(H,18,22). The molecule has 1 heterocycles. The normalized spacial score (nSPS) is 15.6. The van der Waals surface area contributed by atoms with Crippen LogP contribution in [0.15, 0.2) is 24.3 Å². The van der Waals surface area contributed by atoms with Gasteiger partial charge in [-0.25, -0.2) is 0 Å². The van der Waals surface area contributed by atoms with Crippen molar-refractivity contribution in [2.75, 3.05) is 45.1 Å². The molecule has 0 radical (unpaired) electrons. The van der Waals surface area contributed by atoms with E-state index in [2.05, 4.69) is 15.5 Å². The lowest BCUT2D eigenvalue weighted by molar-refractivity contribution is -0.130. The number of benzene rings is 1. The monoisotopic (exact) mass is 304 g/mol. The van der Waals surface area contributed by atoms with E-state index in [1.54, 1.807) is 14.0 Å². The van der Waals surface area contributed by atoms with Crippen molar-refractivity contribution >= 4 is 17.5 Å². The van der Waals surface area contributed by atoms with E-state index in [1.807, 2.05) is 29.2 Å². The van der Waals surface area contributed by atoms with Crippen LogP contribution in [0.1, 0.15) is 12.5 Å². The van der Waals surface area contributed by atoms with Crippen LogP contribution in [0.2, 0.25) is 0 Å². The second-order valence-electron chi connectivity index (χ2n) is 5.56. The zero-order valence-corrected chi connectivity index (χ0v) is 13.3. The zero-order valence-electron chi connectivity index (χ0n) is 13.3. The summed E-state index contributed by atoms with van der Waals surface area (Å²) >= 11 is 0. The third kappa shape index (κ3) is 4.82. The lowest BCUT2D eigenvalue weighted by Gasteiger charge is -2.34. The van der Waals surface area contributed by atoms with Crippen LogP contribution in [-0.2, 0) is 16.1 Å². The third-order valence-electron chi connectivity index (χ3n) is 3.80. The molecule has 1 fully saturated rings. The minimum absolute atomic E-state index is 0.0457. The third-order valence-corrected chi connectivity index (χ3v) is 3.80. The molecule has 0 spiro atoms. The lowest BCUT2D eigenvalue weighted by atomic mass is 10.1. The Balaban J connectivity index is 1.82. The molecule has 0 aromatic heterocycles. The average molecular weight is 304 g/mol. The molecule has 2 amide bonds. The second-order valence-corrected chi connectivity index (χ2v) is 5.56. The Morgan fingerprint density at radius 1 is 1.09 bits per heavy atom. The summed E-state index contributed by atoms with van der Waals surface area (Å²) < 4.78 is 0. The smallest absolute Gasteiger partial charge is 0.238 e. The molecule has 2 N–H and O–H groups in total. The maximum atomic E-state index is 11.5. The summed E-state index contributed by atoms with van der Waals surface area (Å²) in [5.74, 6) is 0.108.